The van der Waals surface area contributed by atoms with E-state index in [-0.39, 0.29) is 0 Å². The Labute approximate surface area is 166 Å². The van der Waals surface area contributed by atoms with E-state index in [1.54, 1.807) is 0 Å². The van der Waals surface area contributed by atoms with Crippen LogP contribution in [0.4, 0.5) is 0 Å². The van der Waals surface area contributed by atoms with Gasteiger partial charge in [-0.3, -0.25) is 0 Å². The first-order valence-electron chi connectivity index (χ1n) is 10.5. The minimum atomic E-state index is 0.876. The van der Waals surface area contributed by atoms with Gasteiger partial charge in [-0.05, 0) is 67.4 Å². The molecule has 1 aromatic heterocycles. The molecule has 0 N–H and O–H groups in total. The summed E-state index contributed by atoms with van der Waals surface area (Å²) < 4.78 is 2.43. The molecule has 3 heteroatoms. The van der Waals surface area contributed by atoms with Crippen LogP contribution in [0.3, 0.4) is 0 Å². The van der Waals surface area contributed by atoms with E-state index in [9.17, 15) is 0 Å². The standard InChI is InChI=1S/C25H27N3/c1-2-12-22-20(9-1)10-7-11-21(22)19-28-24-14-4-3-13-23(24)26-25(28)15-8-18-27-16-5-6-17-27/h1-4,7,9-14H,5-6,8,15-19H2. The van der Waals surface area contributed by atoms with Crippen molar-refractivity contribution in [3.05, 3.63) is 78.1 Å². The van der Waals surface area contributed by atoms with Crippen LogP contribution in [0.1, 0.15) is 30.7 Å². The van der Waals surface area contributed by atoms with Crippen molar-refractivity contribution < 1.29 is 0 Å². The van der Waals surface area contributed by atoms with Gasteiger partial charge in [-0.2, -0.15) is 0 Å². The summed E-state index contributed by atoms with van der Waals surface area (Å²) in [4.78, 5) is 7.59. The molecule has 142 valence electrons. The number of aromatic nitrogens is 2. The van der Waals surface area contributed by atoms with E-state index in [1.807, 2.05) is 0 Å². The fourth-order valence-electron chi connectivity index (χ4n) is 4.56. The predicted octanol–water partition coefficient (Wildman–Crippen LogP) is 5.27. The molecule has 0 amide bonds. The first kappa shape index (κ1) is 17.4. The number of rotatable bonds is 6. The highest BCUT2D eigenvalue weighted by molar-refractivity contribution is 5.86. The molecule has 2 heterocycles. The second-order valence-corrected chi connectivity index (χ2v) is 7.89. The van der Waals surface area contributed by atoms with E-state index in [0.29, 0.717) is 0 Å². The summed E-state index contributed by atoms with van der Waals surface area (Å²) in [6, 6.07) is 23.9. The summed E-state index contributed by atoms with van der Waals surface area (Å²) in [5.74, 6) is 1.22. The Balaban J connectivity index is 1.46. The Morgan fingerprint density at radius 2 is 1.61 bits per heavy atom. The highest BCUT2D eigenvalue weighted by atomic mass is 15.1. The van der Waals surface area contributed by atoms with Crippen LogP contribution in [0.25, 0.3) is 21.8 Å². The number of aryl methyl sites for hydroxylation is 1. The van der Waals surface area contributed by atoms with Gasteiger partial charge in [0, 0.05) is 13.0 Å². The van der Waals surface area contributed by atoms with E-state index in [0.717, 1.165) is 18.5 Å². The summed E-state index contributed by atoms with van der Waals surface area (Å²) >= 11 is 0. The second kappa shape index (κ2) is 7.76. The van der Waals surface area contributed by atoms with Gasteiger partial charge in [-0.1, -0.05) is 54.6 Å². The molecule has 0 bridgehead atoms. The lowest BCUT2D eigenvalue weighted by Gasteiger charge is -2.15. The first-order valence-corrected chi connectivity index (χ1v) is 10.5. The average Bonchev–Trinajstić information content (AvgIpc) is 3.37. The summed E-state index contributed by atoms with van der Waals surface area (Å²) in [5, 5.41) is 2.64. The number of benzene rings is 3. The number of likely N-dealkylation sites (tertiary alicyclic amines) is 1. The zero-order chi connectivity index (χ0) is 18.8. The third-order valence-corrected chi connectivity index (χ3v) is 6.02. The molecule has 0 atom stereocenters. The third kappa shape index (κ3) is 3.43. The smallest absolute Gasteiger partial charge is 0.110 e. The molecule has 3 nitrogen and oxygen atoms in total. The fourth-order valence-corrected chi connectivity index (χ4v) is 4.56. The number of hydrogen-bond acceptors (Lipinski definition) is 2. The van der Waals surface area contributed by atoms with Gasteiger partial charge in [0.15, 0.2) is 0 Å². The Hall–Kier alpha value is -2.65. The summed E-state index contributed by atoms with van der Waals surface area (Å²) in [5.41, 5.74) is 3.72. The predicted molar refractivity (Wildman–Crippen MR) is 117 cm³/mol. The number of fused-ring (bicyclic) bond motifs is 2. The second-order valence-electron chi connectivity index (χ2n) is 7.89. The Morgan fingerprint density at radius 1 is 0.821 bits per heavy atom. The maximum absolute atomic E-state index is 5.00. The van der Waals surface area contributed by atoms with Crippen molar-refractivity contribution in [1.29, 1.82) is 0 Å². The van der Waals surface area contributed by atoms with Crippen LogP contribution in [-0.4, -0.2) is 34.1 Å². The molecule has 0 radical (unpaired) electrons. The SMILES string of the molecule is c1ccc2c(Cn3c(CCCN4CCCC4)nc4ccccc43)cccc2c1. The van der Waals surface area contributed by atoms with Crippen LogP contribution in [0.15, 0.2) is 66.7 Å². The highest BCUT2D eigenvalue weighted by Crippen LogP contribution is 2.24. The first-order chi connectivity index (χ1) is 13.9. The molecule has 0 spiro atoms. The zero-order valence-electron chi connectivity index (χ0n) is 16.3. The minimum Gasteiger partial charge on any atom is -0.323 e. The van der Waals surface area contributed by atoms with E-state index < -0.39 is 0 Å². The lowest BCUT2D eigenvalue weighted by Crippen LogP contribution is -2.21. The molecule has 0 unspecified atom stereocenters. The van der Waals surface area contributed by atoms with Crippen molar-refractivity contribution in [3.63, 3.8) is 0 Å². The van der Waals surface area contributed by atoms with Crippen LogP contribution >= 0.6 is 0 Å². The fraction of sp³-hybridized carbons (Fsp3) is 0.320. The molecular weight excluding hydrogens is 342 g/mol. The van der Waals surface area contributed by atoms with Gasteiger partial charge in [-0.15, -0.1) is 0 Å². The summed E-state index contributed by atoms with van der Waals surface area (Å²) in [6.07, 6.45) is 4.94. The topological polar surface area (TPSA) is 21.1 Å². The van der Waals surface area contributed by atoms with Crippen molar-refractivity contribution in [2.75, 3.05) is 19.6 Å². The van der Waals surface area contributed by atoms with Gasteiger partial charge >= 0.3 is 0 Å². The molecular formula is C25H27N3. The molecule has 1 aliphatic rings. The molecule has 1 saturated heterocycles. The van der Waals surface area contributed by atoms with Crippen molar-refractivity contribution >= 4 is 21.8 Å². The minimum absolute atomic E-state index is 0.876. The number of para-hydroxylation sites is 2. The Morgan fingerprint density at radius 3 is 2.54 bits per heavy atom. The molecule has 1 fully saturated rings. The maximum Gasteiger partial charge on any atom is 0.110 e. The zero-order valence-corrected chi connectivity index (χ0v) is 16.3. The molecule has 0 aliphatic carbocycles. The molecule has 3 aromatic carbocycles. The lowest BCUT2D eigenvalue weighted by molar-refractivity contribution is 0.332. The summed E-state index contributed by atoms with van der Waals surface area (Å²) in [6.45, 7) is 4.61. The van der Waals surface area contributed by atoms with Crippen molar-refractivity contribution in [1.82, 2.24) is 14.5 Å². The largest absolute Gasteiger partial charge is 0.323 e. The van der Waals surface area contributed by atoms with Crippen molar-refractivity contribution in [2.24, 2.45) is 0 Å². The van der Waals surface area contributed by atoms with Crippen molar-refractivity contribution in [3.8, 4) is 0 Å². The third-order valence-electron chi connectivity index (χ3n) is 6.02. The van der Waals surface area contributed by atoms with Crippen LogP contribution in [-0.2, 0) is 13.0 Å². The van der Waals surface area contributed by atoms with Gasteiger partial charge in [0.2, 0.25) is 0 Å². The lowest BCUT2D eigenvalue weighted by atomic mass is 10.0. The van der Waals surface area contributed by atoms with Gasteiger partial charge in [0.1, 0.15) is 5.82 Å². The quantitative estimate of drug-likeness (QED) is 0.462. The average molecular weight is 370 g/mol. The van der Waals surface area contributed by atoms with Crippen molar-refractivity contribution in [2.45, 2.75) is 32.2 Å². The molecule has 5 rings (SSSR count). The van der Waals surface area contributed by atoms with E-state index >= 15 is 0 Å². The monoisotopic (exact) mass is 369 g/mol. The number of nitrogens with zero attached hydrogens (tertiary/aromatic N) is 3. The van der Waals surface area contributed by atoms with Crippen LogP contribution in [0.5, 0.6) is 0 Å². The number of hydrogen-bond donors (Lipinski definition) is 0. The van der Waals surface area contributed by atoms with Gasteiger partial charge in [-0.25, -0.2) is 4.98 Å². The molecule has 4 aromatic rings. The highest BCUT2D eigenvalue weighted by Gasteiger charge is 2.14. The maximum atomic E-state index is 5.00. The van der Waals surface area contributed by atoms with Gasteiger partial charge in [0.25, 0.3) is 0 Å². The van der Waals surface area contributed by atoms with E-state index in [1.165, 1.54) is 66.6 Å². The number of imidazole rings is 1. The van der Waals surface area contributed by atoms with Crippen LogP contribution in [0.2, 0.25) is 0 Å². The van der Waals surface area contributed by atoms with E-state index in [2.05, 4.69) is 76.2 Å². The molecule has 28 heavy (non-hydrogen) atoms. The van der Waals surface area contributed by atoms with Crippen LogP contribution < -0.4 is 0 Å². The summed E-state index contributed by atoms with van der Waals surface area (Å²) in [7, 11) is 0. The van der Waals surface area contributed by atoms with Crippen LogP contribution in [0, 0.1) is 0 Å². The normalized spacial score (nSPS) is 15.0. The molecule has 1 aliphatic heterocycles. The van der Waals surface area contributed by atoms with E-state index in [4.69, 9.17) is 4.98 Å². The van der Waals surface area contributed by atoms with Gasteiger partial charge < -0.3 is 9.47 Å². The van der Waals surface area contributed by atoms with Gasteiger partial charge in [0.05, 0.1) is 11.0 Å². The Kier molecular flexibility index (Phi) is 4.84. The molecule has 0 saturated carbocycles. The Bertz CT molecular complexity index is 1080.